The van der Waals surface area contributed by atoms with Gasteiger partial charge in [-0.25, -0.2) is 0 Å². The number of aryl methyl sites for hydroxylation is 1. The third kappa shape index (κ3) is 3.03. The van der Waals surface area contributed by atoms with Gasteiger partial charge in [-0.3, -0.25) is 0 Å². The normalized spacial score (nSPS) is 10.1. The van der Waals surface area contributed by atoms with Gasteiger partial charge < -0.3 is 5.32 Å². The largest absolute Gasteiger partial charge is 0.352 e. The highest BCUT2D eigenvalue weighted by molar-refractivity contribution is 9.10. The SMILES string of the molecule is Cc1ccc(Cl)c(Nc2ccc(Br)cc2C#N)c1Cl. The first-order chi connectivity index (χ1) is 9.02. The predicted octanol–water partition coefficient (Wildman–Crippen LogP) is 5.68. The highest BCUT2D eigenvalue weighted by Crippen LogP contribution is 2.36. The summed E-state index contributed by atoms with van der Waals surface area (Å²) in [5.74, 6) is 0. The molecule has 0 aliphatic heterocycles. The number of nitrogens with one attached hydrogen (secondary N) is 1. The first-order valence-corrected chi connectivity index (χ1v) is 6.99. The Labute approximate surface area is 130 Å². The van der Waals surface area contributed by atoms with E-state index in [1.54, 1.807) is 18.2 Å². The van der Waals surface area contributed by atoms with Crippen molar-refractivity contribution in [3.05, 3.63) is 56.0 Å². The molecule has 0 unspecified atom stereocenters. The Morgan fingerprint density at radius 2 is 1.95 bits per heavy atom. The molecule has 0 saturated heterocycles. The highest BCUT2D eigenvalue weighted by atomic mass is 79.9. The zero-order valence-electron chi connectivity index (χ0n) is 9.97. The van der Waals surface area contributed by atoms with E-state index in [0.29, 0.717) is 27.0 Å². The van der Waals surface area contributed by atoms with Crippen molar-refractivity contribution in [3.63, 3.8) is 0 Å². The second-order valence-corrected chi connectivity index (χ2v) is 5.68. The number of rotatable bonds is 2. The minimum atomic E-state index is 0.516. The van der Waals surface area contributed by atoms with Gasteiger partial charge in [-0.05, 0) is 36.8 Å². The average molecular weight is 356 g/mol. The first-order valence-electron chi connectivity index (χ1n) is 5.44. The summed E-state index contributed by atoms with van der Waals surface area (Å²) in [7, 11) is 0. The summed E-state index contributed by atoms with van der Waals surface area (Å²) >= 11 is 15.7. The Kier molecular flexibility index (Phi) is 4.36. The van der Waals surface area contributed by atoms with E-state index in [1.807, 2.05) is 19.1 Å². The summed E-state index contributed by atoms with van der Waals surface area (Å²) < 4.78 is 0.844. The van der Waals surface area contributed by atoms with Crippen LogP contribution in [0.2, 0.25) is 10.0 Å². The van der Waals surface area contributed by atoms with Crippen LogP contribution in [0.25, 0.3) is 0 Å². The third-order valence-corrected chi connectivity index (χ3v) is 3.94. The van der Waals surface area contributed by atoms with Crippen LogP contribution in [0.5, 0.6) is 0 Å². The molecule has 0 bridgehead atoms. The van der Waals surface area contributed by atoms with Gasteiger partial charge in [0.15, 0.2) is 0 Å². The molecule has 1 N–H and O–H groups in total. The number of anilines is 2. The number of nitrogens with zero attached hydrogens (tertiary/aromatic N) is 1. The molecule has 19 heavy (non-hydrogen) atoms. The number of benzene rings is 2. The van der Waals surface area contributed by atoms with Gasteiger partial charge in [0.25, 0.3) is 0 Å². The van der Waals surface area contributed by atoms with E-state index in [0.717, 1.165) is 10.0 Å². The quantitative estimate of drug-likeness (QED) is 0.752. The van der Waals surface area contributed by atoms with Gasteiger partial charge in [0.2, 0.25) is 0 Å². The molecule has 0 radical (unpaired) electrons. The molecular weight excluding hydrogens is 347 g/mol. The summed E-state index contributed by atoms with van der Waals surface area (Å²) in [5, 5.41) is 13.3. The summed E-state index contributed by atoms with van der Waals surface area (Å²) in [4.78, 5) is 0. The lowest BCUT2D eigenvalue weighted by atomic mass is 10.1. The minimum absolute atomic E-state index is 0.516. The van der Waals surface area contributed by atoms with E-state index in [-0.39, 0.29) is 0 Å². The maximum Gasteiger partial charge on any atom is 0.101 e. The van der Waals surface area contributed by atoms with Crippen molar-refractivity contribution in [2.75, 3.05) is 5.32 Å². The molecule has 2 rings (SSSR count). The van der Waals surface area contributed by atoms with Gasteiger partial charge in [-0.2, -0.15) is 5.26 Å². The van der Waals surface area contributed by atoms with Crippen molar-refractivity contribution in [2.45, 2.75) is 6.92 Å². The predicted molar refractivity (Wildman–Crippen MR) is 83.3 cm³/mol. The number of halogens is 3. The van der Waals surface area contributed by atoms with E-state index < -0.39 is 0 Å². The molecule has 0 atom stereocenters. The van der Waals surface area contributed by atoms with Crippen LogP contribution in [0.15, 0.2) is 34.8 Å². The molecule has 0 aromatic heterocycles. The molecule has 0 aliphatic carbocycles. The Morgan fingerprint density at radius 3 is 2.63 bits per heavy atom. The maximum atomic E-state index is 9.14. The van der Waals surface area contributed by atoms with E-state index in [9.17, 15) is 0 Å². The summed E-state index contributed by atoms with van der Waals surface area (Å²) in [6, 6.07) is 11.1. The lowest BCUT2D eigenvalue weighted by Gasteiger charge is -2.13. The van der Waals surface area contributed by atoms with Crippen LogP contribution in [0.1, 0.15) is 11.1 Å². The fraction of sp³-hybridized carbons (Fsp3) is 0.0714. The Hall–Kier alpha value is -1.21. The Bertz CT molecular complexity index is 678. The van der Waals surface area contributed by atoms with E-state index in [2.05, 4.69) is 27.3 Å². The van der Waals surface area contributed by atoms with Crippen LogP contribution in [0, 0.1) is 18.3 Å². The van der Waals surface area contributed by atoms with Crippen LogP contribution < -0.4 is 5.32 Å². The molecule has 2 aromatic carbocycles. The van der Waals surface area contributed by atoms with Gasteiger partial charge in [-0.1, -0.05) is 45.2 Å². The monoisotopic (exact) mass is 354 g/mol. The minimum Gasteiger partial charge on any atom is -0.352 e. The van der Waals surface area contributed by atoms with Gasteiger partial charge in [0, 0.05) is 4.47 Å². The molecule has 0 heterocycles. The molecule has 2 nitrogen and oxygen atoms in total. The maximum absolute atomic E-state index is 9.14. The standard InChI is InChI=1S/C14H9BrCl2N2/c1-8-2-4-11(16)14(13(8)17)19-12-5-3-10(15)6-9(12)7-18/h2-6,19H,1H3. The van der Waals surface area contributed by atoms with Crippen LogP contribution >= 0.6 is 39.1 Å². The summed E-state index contributed by atoms with van der Waals surface area (Å²) in [5.41, 5.74) is 2.72. The van der Waals surface area contributed by atoms with Crippen molar-refractivity contribution in [2.24, 2.45) is 0 Å². The molecule has 2 aromatic rings. The van der Waals surface area contributed by atoms with Crippen molar-refractivity contribution >= 4 is 50.5 Å². The smallest absolute Gasteiger partial charge is 0.101 e. The molecule has 0 saturated carbocycles. The van der Waals surface area contributed by atoms with Crippen molar-refractivity contribution in [3.8, 4) is 6.07 Å². The summed E-state index contributed by atoms with van der Waals surface area (Å²) in [6.07, 6.45) is 0. The Morgan fingerprint density at radius 1 is 1.21 bits per heavy atom. The fourth-order valence-electron chi connectivity index (χ4n) is 1.62. The zero-order valence-corrected chi connectivity index (χ0v) is 13.1. The zero-order chi connectivity index (χ0) is 14.0. The van der Waals surface area contributed by atoms with Crippen molar-refractivity contribution < 1.29 is 0 Å². The molecule has 0 fully saturated rings. The van der Waals surface area contributed by atoms with Crippen LogP contribution in [0.4, 0.5) is 11.4 Å². The van der Waals surface area contributed by atoms with Gasteiger partial charge in [0.05, 0.1) is 27.0 Å². The number of hydrogen-bond donors (Lipinski definition) is 1. The van der Waals surface area contributed by atoms with Gasteiger partial charge in [-0.15, -0.1) is 0 Å². The van der Waals surface area contributed by atoms with E-state index in [1.165, 1.54) is 0 Å². The third-order valence-electron chi connectivity index (χ3n) is 2.65. The average Bonchev–Trinajstić information content (AvgIpc) is 2.40. The molecule has 96 valence electrons. The van der Waals surface area contributed by atoms with E-state index in [4.69, 9.17) is 28.5 Å². The molecule has 5 heteroatoms. The van der Waals surface area contributed by atoms with Crippen molar-refractivity contribution in [1.82, 2.24) is 0 Å². The van der Waals surface area contributed by atoms with Crippen LogP contribution in [-0.4, -0.2) is 0 Å². The first kappa shape index (κ1) is 14.2. The highest BCUT2D eigenvalue weighted by Gasteiger charge is 2.11. The van der Waals surface area contributed by atoms with Gasteiger partial charge in [0.1, 0.15) is 6.07 Å². The Balaban J connectivity index is 2.48. The molecule has 0 amide bonds. The van der Waals surface area contributed by atoms with Crippen LogP contribution in [0.3, 0.4) is 0 Å². The topological polar surface area (TPSA) is 35.8 Å². The molecule has 0 aliphatic rings. The van der Waals surface area contributed by atoms with Gasteiger partial charge >= 0.3 is 0 Å². The summed E-state index contributed by atoms with van der Waals surface area (Å²) in [6.45, 7) is 1.90. The number of nitriles is 1. The van der Waals surface area contributed by atoms with Crippen molar-refractivity contribution in [1.29, 1.82) is 5.26 Å². The lowest BCUT2D eigenvalue weighted by Crippen LogP contribution is -1.96. The second-order valence-electron chi connectivity index (χ2n) is 3.98. The second kappa shape index (κ2) is 5.83. The van der Waals surface area contributed by atoms with Crippen LogP contribution in [-0.2, 0) is 0 Å². The number of hydrogen-bond acceptors (Lipinski definition) is 2. The van der Waals surface area contributed by atoms with E-state index >= 15 is 0 Å². The molecular formula is C14H9BrCl2N2. The lowest BCUT2D eigenvalue weighted by molar-refractivity contribution is 1.42. The fourth-order valence-corrected chi connectivity index (χ4v) is 2.45. The molecule has 0 spiro atoms.